The van der Waals surface area contributed by atoms with E-state index in [2.05, 4.69) is 60.3 Å². The van der Waals surface area contributed by atoms with E-state index >= 15 is 0 Å². The van der Waals surface area contributed by atoms with Gasteiger partial charge in [-0.05, 0) is 110 Å². The van der Waals surface area contributed by atoms with E-state index in [-0.39, 0.29) is 17.8 Å². The summed E-state index contributed by atoms with van der Waals surface area (Å²) >= 11 is 0. The van der Waals surface area contributed by atoms with Gasteiger partial charge in [0.25, 0.3) is 0 Å². The van der Waals surface area contributed by atoms with Gasteiger partial charge in [-0.15, -0.1) is 0 Å². The summed E-state index contributed by atoms with van der Waals surface area (Å²) < 4.78 is 30.7. The summed E-state index contributed by atoms with van der Waals surface area (Å²) in [4.78, 5) is 4.77. The minimum atomic E-state index is -0.0184. The number of nitrogens with zero attached hydrogens (tertiary/aromatic N) is 2. The van der Waals surface area contributed by atoms with E-state index in [1.165, 1.54) is 16.7 Å². The number of fused-ring (bicyclic) bond motifs is 6. The van der Waals surface area contributed by atoms with Gasteiger partial charge in [0.15, 0.2) is 23.0 Å². The Balaban J connectivity index is 1.53. The maximum absolute atomic E-state index is 11.2. The van der Waals surface area contributed by atoms with Crippen molar-refractivity contribution in [2.24, 2.45) is 0 Å². The monoisotopic (exact) mass is 622 g/mol. The van der Waals surface area contributed by atoms with Gasteiger partial charge in [0.2, 0.25) is 5.75 Å². The van der Waals surface area contributed by atoms with E-state index < -0.39 is 0 Å². The lowest BCUT2D eigenvalue weighted by Gasteiger charge is -2.37. The molecule has 240 valence electrons. The normalized spacial score (nSPS) is 19.1. The third-order valence-corrected chi connectivity index (χ3v) is 10.1. The van der Waals surface area contributed by atoms with Crippen molar-refractivity contribution in [3.63, 3.8) is 0 Å². The van der Waals surface area contributed by atoms with Crippen LogP contribution in [0.4, 0.5) is 0 Å². The van der Waals surface area contributed by atoms with E-state index in [0.29, 0.717) is 35.2 Å². The van der Waals surface area contributed by atoms with Gasteiger partial charge < -0.3 is 28.8 Å². The third kappa shape index (κ3) is 5.10. The summed E-state index contributed by atoms with van der Waals surface area (Å²) in [6, 6.07) is 18.7. The number of ether oxygens (including phenoxy) is 5. The molecule has 0 saturated carbocycles. The van der Waals surface area contributed by atoms with Crippen molar-refractivity contribution < 1.29 is 28.8 Å². The van der Waals surface area contributed by atoms with Crippen LogP contribution in [0.15, 0.2) is 54.6 Å². The van der Waals surface area contributed by atoms with Gasteiger partial charge in [0.05, 0.1) is 28.4 Å². The van der Waals surface area contributed by atoms with Crippen LogP contribution in [-0.4, -0.2) is 70.5 Å². The fourth-order valence-corrected chi connectivity index (χ4v) is 7.55. The first kappa shape index (κ1) is 30.3. The van der Waals surface area contributed by atoms with Crippen molar-refractivity contribution in [3.05, 3.63) is 88.0 Å². The lowest BCUT2D eigenvalue weighted by atomic mass is 9.86. The maximum Gasteiger partial charge on any atom is 0.204 e. The summed E-state index contributed by atoms with van der Waals surface area (Å²) in [6.07, 6.45) is 3.23. The molecule has 0 amide bonds. The van der Waals surface area contributed by atoms with Crippen LogP contribution in [0.5, 0.6) is 40.2 Å². The SMILES string of the molecule is COc1cc2c3cc1Oc1c(OC)c(OC)cc4c1[C@@H](Cc1ccc(OC)c(c1)-c1cc(ccc1O)C[C@H]3N(C)CC2)N(C)CC4. The highest BCUT2D eigenvalue weighted by atomic mass is 16.5. The lowest BCUT2D eigenvalue weighted by molar-refractivity contribution is 0.220. The second-order valence-corrected chi connectivity index (χ2v) is 12.6. The first-order chi connectivity index (χ1) is 22.3. The Morgan fingerprint density at radius 1 is 0.674 bits per heavy atom. The van der Waals surface area contributed by atoms with E-state index in [0.717, 1.165) is 65.9 Å². The molecular weight excluding hydrogens is 580 g/mol. The summed E-state index contributed by atoms with van der Waals surface area (Å²) in [6.45, 7) is 1.81. The number of rotatable bonds is 4. The summed E-state index contributed by atoms with van der Waals surface area (Å²) in [5.74, 6) is 4.15. The van der Waals surface area contributed by atoms with Crippen molar-refractivity contribution >= 4 is 0 Å². The van der Waals surface area contributed by atoms with Crippen LogP contribution in [0.2, 0.25) is 0 Å². The lowest BCUT2D eigenvalue weighted by Crippen LogP contribution is -2.34. The van der Waals surface area contributed by atoms with Crippen LogP contribution in [0.25, 0.3) is 11.1 Å². The molecule has 4 aromatic rings. The highest BCUT2D eigenvalue weighted by molar-refractivity contribution is 5.77. The fourth-order valence-electron chi connectivity index (χ4n) is 7.55. The summed E-state index contributed by atoms with van der Waals surface area (Å²) in [7, 11) is 11.0. The molecule has 7 rings (SSSR count). The minimum absolute atomic E-state index is 0.0184. The molecule has 4 aromatic carbocycles. The molecule has 0 saturated heterocycles. The number of hydrogen-bond donors (Lipinski definition) is 1. The van der Waals surface area contributed by atoms with Gasteiger partial charge in [0.1, 0.15) is 11.5 Å². The Labute approximate surface area is 271 Å². The zero-order chi connectivity index (χ0) is 32.1. The van der Waals surface area contributed by atoms with Crippen molar-refractivity contribution in [2.75, 3.05) is 55.6 Å². The molecule has 3 aliphatic rings. The van der Waals surface area contributed by atoms with Crippen molar-refractivity contribution in [1.82, 2.24) is 9.80 Å². The first-order valence-electron chi connectivity index (χ1n) is 15.9. The summed E-state index contributed by atoms with van der Waals surface area (Å²) in [5.41, 5.74) is 8.59. The maximum atomic E-state index is 11.2. The predicted molar refractivity (Wildman–Crippen MR) is 178 cm³/mol. The number of methoxy groups -OCH3 is 4. The Hall–Kier alpha value is -4.40. The largest absolute Gasteiger partial charge is 0.507 e. The van der Waals surface area contributed by atoms with Gasteiger partial charge in [-0.25, -0.2) is 0 Å². The molecule has 0 fully saturated rings. The molecule has 2 atom stereocenters. The van der Waals surface area contributed by atoms with Gasteiger partial charge >= 0.3 is 0 Å². The van der Waals surface area contributed by atoms with E-state index in [9.17, 15) is 5.11 Å². The van der Waals surface area contributed by atoms with Crippen LogP contribution < -0.4 is 23.7 Å². The molecule has 3 aliphatic heterocycles. The van der Waals surface area contributed by atoms with Gasteiger partial charge in [0, 0.05) is 41.9 Å². The molecule has 1 N–H and O–H groups in total. The number of likely N-dealkylation sites (N-methyl/N-ethyl adjacent to an activating group) is 2. The van der Waals surface area contributed by atoms with Gasteiger partial charge in [-0.2, -0.15) is 0 Å². The van der Waals surface area contributed by atoms with E-state index in [4.69, 9.17) is 23.7 Å². The van der Waals surface area contributed by atoms with Gasteiger partial charge in [-0.3, -0.25) is 9.80 Å². The Morgan fingerprint density at radius 3 is 2.02 bits per heavy atom. The highest BCUT2D eigenvalue weighted by Crippen LogP contribution is 2.52. The van der Waals surface area contributed by atoms with Crippen LogP contribution >= 0.6 is 0 Å². The second-order valence-electron chi connectivity index (χ2n) is 12.6. The number of phenols is 1. The fraction of sp³-hybridized carbons (Fsp3) is 0.368. The smallest absolute Gasteiger partial charge is 0.204 e. The number of phenolic OH excluding ortho intramolecular Hbond substituents is 1. The molecule has 3 heterocycles. The van der Waals surface area contributed by atoms with Crippen molar-refractivity contribution in [3.8, 4) is 51.4 Å². The molecule has 0 aromatic heterocycles. The molecule has 0 spiro atoms. The van der Waals surface area contributed by atoms with Gasteiger partial charge in [-0.1, -0.05) is 12.1 Å². The average Bonchev–Trinajstić information content (AvgIpc) is 3.07. The van der Waals surface area contributed by atoms with Crippen LogP contribution in [-0.2, 0) is 25.7 Å². The van der Waals surface area contributed by atoms with E-state index in [1.54, 1.807) is 28.4 Å². The van der Waals surface area contributed by atoms with Crippen LogP contribution in [0.1, 0.15) is 45.5 Å². The Bertz CT molecular complexity index is 1800. The number of hydrogen-bond acceptors (Lipinski definition) is 8. The standard InChI is InChI=1S/C38H42N2O6/c1-39-13-11-24-19-33(43-4)34-21-26(24)29(39)17-22-7-9-31(41)27(15-22)28-16-23(8-10-32(28)42-3)18-30-36-25(12-14-40(30)2)20-35(44-5)37(45-6)38(36)46-34/h7-10,15-16,19-21,29-30,41H,11-14,17-18H2,1-6H3/t29-,30-/m1/s1. The first-order valence-corrected chi connectivity index (χ1v) is 15.9. The molecule has 46 heavy (non-hydrogen) atoms. The molecule has 6 bridgehead atoms. The third-order valence-electron chi connectivity index (χ3n) is 10.1. The molecule has 8 nitrogen and oxygen atoms in total. The molecular formula is C38H42N2O6. The van der Waals surface area contributed by atoms with Crippen LogP contribution in [0.3, 0.4) is 0 Å². The zero-order valence-corrected chi connectivity index (χ0v) is 27.5. The minimum Gasteiger partial charge on any atom is -0.507 e. The molecule has 0 radical (unpaired) electrons. The second kappa shape index (κ2) is 12.1. The quantitative estimate of drug-likeness (QED) is 0.268. The van der Waals surface area contributed by atoms with Crippen molar-refractivity contribution in [2.45, 2.75) is 37.8 Å². The molecule has 8 heteroatoms. The topological polar surface area (TPSA) is 72.9 Å². The van der Waals surface area contributed by atoms with E-state index in [1.807, 2.05) is 18.2 Å². The average molecular weight is 623 g/mol. The Kier molecular flexibility index (Phi) is 7.95. The van der Waals surface area contributed by atoms with Crippen molar-refractivity contribution in [1.29, 1.82) is 0 Å². The summed E-state index contributed by atoms with van der Waals surface area (Å²) in [5, 5.41) is 11.2. The number of aromatic hydroxyl groups is 1. The Morgan fingerprint density at radius 2 is 1.30 bits per heavy atom. The highest BCUT2D eigenvalue weighted by Gasteiger charge is 2.35. The zero-order valence-electron chi connectivity index (χ0n) is 27.5. The molecule has 0 unspecified atom stereocenters. The predicted octanol–water partition coefficient (Wildman–Crippen LogP) is 6.74. The van der Waals surface area contributed by atoms with Crippen LogP contribution in [0, 0.1) is 0 Å². The molecule has 0 aliphatic carbocycles. The number of benzene rings is 4.